The summed E-state index contributed by atoms with van der Waals surface area (Å²) in [4.78, 5) is 14.7. The van der Waals surface area contributed by atoms with Crippen LogP contribution in [0.3, 0.4) is 0 Å². The zero-order valence-corrected chi connectivity index (χ0v) is 8.04. The molecule has 0 aliphatic rings. The van der Waals surface area contributed by atoms with E-state index in [0.717, 1.165) is 17.4 Å². The van der Waals surface area contributed by atoms with Crippen molar-refractivity contribution in [2.24, 2.45) is 5.73 Å². The number of hydrogen-bond donors (Lipinski definition) is 1. The number of nitrogens with zero attached hydrogens (tertiary/aromatic N) is 1. The fourth-order valence-electron chi connectivity index (χ4n) is 0.815. The maximum Gasteiger partial charge on any atom is 0.250 e. The Morgan fingerprint density at radius 1 is 1.58 bits per heavy atom. The Balaban J connectivity index is 2.78. The Kier molecular flexibility index (Phi) is 3.22. The van der Waals surface area contributed by atoms with E-state index in [1.807, 2.05) is 0 Å². The molecular formula is C8H9BrN2O. The quantitative estimate of drug-likeness (QED) is 0.789. The molecule has 1 amide bonds. The summed E-state index contributed by atoms with van der Waals surface area (Å²) in [6.07, 6.45) is 2.36. The van der Waals surface area contributed by atoms with E-state index in [1.54, 1.807) is 12.1 Å². The van der Waals surface area contributed by atoms with E-state index < -0.39 is 5.91 Å². The number of halogens is 1. The van der Waals surface area contributed by atoms with Crippen LogP contribution in [-0.2, 0) is 6.42 Å². The lowest BCUT2D eigenvalue weighted by Gasteiger charge is -1.97. The molecule has 0 aliphatic carbocycles. The number of carbonyl (C=O) groups excluding carboxylic acids is 1. The van der Waals surface area contributed by atoms with Gasteiger partial charge in [-0.2, -0.15) is 0 Å². The molecule has 4 heteroatoms. The van der Waals surface area contributed by atoms with Gasteiger partial charge in [0.05, 0.1) is 5.56 Å². The third kappa shape index (κ3) is 2.30. The molecule has 0 fully saturated rings. The van der Waals surface area contributed by atoms with Crippen molar-refractivity contribution in [2.75, 3.05) is 5.33 Å². The van der Waals surface area contributed by atoms with Crippen LogP contribution < -0.4 is 5.73 Å². The normalized spacial score (nSPS) is 9.75. The van der Waals surface area contributed by atoms with Crippen LogP contribution in [0.25, 0.3) is 0 Å². The van der Waals surface area contributed by atoms with Crippen LogP contribution in [0, 0.1) is 0 Å². The van der Waals surface area contributed by atoms with Crippen molar-refractivity contribution >= 4 is 21.8 Å². The van der Waals surface area contributed by atoms with Gasteiger partial charge in [-0.3, -0.25) is 9.78 Å². The van der Waals surface area contributed by atoms with Gasteiger partial charge < -0.3 is 5.73 Å². The highest BCUT2D eigenvalue weighted by atomic mass is 79.9. The maximum absolute atomic E-state index is 10.6. The van der Waals surface area contributed by atoms with Gasteiger partial charge in [0.15, 0.2) is 0 Å². The lowest BCUT2D eigenvalue weighted by molar-refractivity contribution is 0.1000. The number of amides is 1. The number of rotatable bonds is 3. The van der Waals surface area contributed by atoms with Crippen LogP contribution in [0.4, 0.5) is 0 Å². The zero-order valence-electron chi connectivity index (χ0n) is 6.46. The van der Waals surface area contributed by atoms with E-state index in [4.69, 9.17) is 5.73 Å². The molecule has 0 bridgehead atoms. The third-order valence-electron chi connectivity index (χ3n) is 1.46. The third-order valence-corrected chi connectivity index (χ3v) is 1.86. The van der Waals surface area contributed by atoms with Crippen LogP contribution in [0.1, 0.15) is 16.1 Å². The van der Waals surface area contributed by atoms with Crippen LogP contribution in [0.5, 0.6) is 0 Å². The summed E-state index contributed by atoms with van der Waals surface area (Å²) in [7, 11) is 0. The van der Waals surface area contributed by atoms with Gasteiger partial charge in [-0.1, -0.05) is 15.9 Å². The maximum atomic E-state index is 10.6. The van der Waals surface area contributed by atoms with Crippen molar-refractivity contribution in [3.63, 3.8) is 0 Å². The molecule has 0 radical (unpaired) electrons. The molecule has 1 heterocycles. The first-order chi connectivity index (χ1) is 5.74. The van der Waals surface area contributed by atoms with Gasteiger partial charge in [-0.15, -0.1) is 0 Å². The minimum atomic E-state index is -0.437. The van der Waals surface area contributed by atoms with Gasteiger partial charge in [0.1, 0.15) is 0 Å². The molecule has 0 unspecified atom stereocenters. The van der Waals surface area contributed by atoms with Crippen molar-refractivity contribution in [3.05, 3.63) is 29.6 Å². The summed E-state index contributed by atoms with van der Waals surface area (Å²) < 4.78 is 0. The Hall–Kier alpha value is -0.900. The van der Waals surface area contributed by atoms with Gasteiger partial charge in [0, 0.05) is 17.2 Å². The molecule has 0 aromatic carbocycles. The average molecular weight is 229 g/mol. The summed E-state index contributed by atoms with van der Waals surface area (Å²) in [5, 5.41) is 0.871. The van der Waals surface area contributed by atoms with E-state index >= 15 is 0 Å². The van der Waals surface area contributed by atoms with Crippen LogP contribution in [0.15, 0.2) is 18.3 Å². The largest absolute Gasteiger partial charge is 0.366 e. The van der Waals surface area contributed by atoms with Crippen molar-refractivity contribution in [2.45, 2.75) is 6.42 Å². The van der Waals surface area contributed by atoms with Gasteiger partial charge >= 0.3 is 0 Å². The molecule has 0 atom stereocenters. The number of nitrogens with two attached hydrogens (primary N) is 1. The molecular weight excluding hydrogens is 220 g/mol. The first-order valence-electron chi connectivity index (χ1n) is 3.54. The Morgan fingerprint density at radius 2 is 2.33 bits per heavy atom. The second kappa shape index (κ2) is 4.21. The minimum Gasteiger partial charge on any atom is -0.366 e. The second-order valence-electron chi connectivity index (χ2n) is 2.34. The molecule has 3 nitrogen and oxygen atoms in total. The van der Waals surface area contributed by atoms with E-state index in [2.05, 4.69) is 20.9 Å². The smallest absolute Gasteiger partial charge is 0.250 e. The van der Waals surface area contributed by atoms with E-state index in [-0.39, 0.29) is 0 Å². The zero-order chi connectivity index (χ0) is 8.97. The predicted octanol–water partition coefficient (Wildman–Crippen LogP) is 1.12. The Labute approximate surface area is 79.1 Å². The number of hydrogen-bond acceptors (Lipinski definition) is 2. The van der Waals surface area contributed by atoms with E-state index in [9.17, 15) is 4.79 Å². The summed E-state index contributed by atoms with van der Waals surface area (Å²) in [6, 6.07) is 3.49. The number of pyridine rings is 1. The fraction of sp³-hybridized carbons (Fsp3) is 0.250. The summed E-state index contributed by atoms with van der Waals surface area (Å²) in [5.74, 6) is -0.437. The molecule has 1 aromatic rings. The number of carbonyl (C=O) groups is 1. The van der Waals surface area contributed by atoms with Crippen LogP contribution >= 0.6 is 15.9 Å². The molecule has 12 heavy (non-hydrogen) atoms. The number of aromatic nitrogens is 1. The fourth-order valence-corrected chi connectivity index (χ4v) is 1.22. The van der Waals surface area contributed by atoms with Gasteiger partial charge in [0.25, 0.3) is 0 Å². The SMILES string of the molecule is NC(=O)c1ccc(CCBr)nc1. The molecule has 0 saturated carbocycles. The lowest BCUT2D eigenvalue weighted by atomic mass is 10.2. The monoisotopic (exact) mass is 228 g/mol. The highest BCUT2D eigenvalue weighted by molar-refractivity contribution is 9.09. The molecule has 1 rings (SSSR count). The highest BCUT2D eigenvalue weighted by Gasteiger charge is 1.99. The minimum absolute atomic E-state index is 0.437. The van der Waals surface area contributed by atoms with Crippen LogP contribution in [0.2, 0.25) is 0 Å². The van der Waals surface area contributed by atoms with E-state index in [0.29, 0.717) is 5.56 Å². The van der Waals surface area contributed by atoms with Gasteiger partial charge in [0.2, 0.25) is 5.91 Å². The number of alkyl halides is 1. The van der Waals surface area contributed by atoms with Gasteiger partial charge in [-0.05, 0) is 18.6 Å². The first kappa shape index (κ1) is 9.19. The van der Waals surface area contributed by atoms with Crippen molar-refractivity contribution in [1.82, 2.24) is 4.98 Å². The van der Waals surface area contributed by atoms with Gasteiger partial charge in [-0.25, -0.2) is 0 Å². The first-order valence-corrected chi connectivity index (χ1v) is 4.67. The Bertz CT molecular complexity index is 271. The Morgan fingerprint density at radius 3 is 2.75 bits per heavy atom. The van der Waals surface area contributed by atoms with Crippen molar-refractivity contribution < 1.29 is 4.79 Å². The van der Waals surface area contributed by atoms with Crippen molar-refractivity contribution in [1.29, 1.82) is 0 Å². The highest BCUT2D eigenvalue weighted by Crippen LogP contribution is 2.01. The number of aryl methyl sites for hydroxylation is 1. The summed E-state index contributed by atoms with van der Waals surface area (Å²) in [6.45, 7) is 0. The standard InChI is InChI=1S/C8H9BrN2O/c9-4-3-7-2-1-6(5-11-7)8(10)12/h1-2,5H,3-4H2,(H2,10,12). The lowest BCUT2D eigenvalue weighted by Crippen LogP contribution is -2.11. The molecule has 0 aliphatic heterocycles. The van der Waals surface area contributed by atoms with E-state index in [1.165, 1.54) is 6.20 Å². The molecule has 0 spiro atoms. The van der Waals surface area contributed by atoms with Crippen LogP contribution in [-0.4, -0.2) is 16.2 Å². The molecule has 1 aromatic heterocycles. The summed E-state index contributed by atoms with van der Waals surface area (Å²) >= 11 is 3.30. The number of primary amides is 1. The molecule has 64 valence electrons. The van der Waals surface area contributed by atoms with Crippen molar-refractivity contribution in [3.8, 4) is 0 Å². The summed E-state index contributed by atoms with van der Waals surface area (Å²) in [5.41, 5.74) is 6.46. The average Bonchev–Trinajstić information content (AvgIpc) is 2.06. The topological polar surface area (TPSA) is 56.0 Å². The molecule has 0 saturated heterocycles. The second-order valence-corrected chi connectivity index (χ2v) is 3.13. The molecule has 2 N–H and O–H groups in total. The predicted molar refractivity (Wildman–Crippen MR) is 50.3 cm³/mol.